The van der Waals surface area contributed by atoms with Gasteiger partial charge in [0.05, 0.1) is 24.3 Å². The van der Waals surface area contributed by atoms with Crippen molar-refractivity contribution in [3.8, 4) is 5.75 Å². The van der Waals surface area contributed by atoms with Crippen LogP contribution in [0.3, 0.4) is 0 Å². The molecule has 0 aliphatic carbocycles. The molecule has 0 amide bonds. The lowest BCUT2D eigenvalue weighted by Gasteiger charge is -2.08. The van der Waals surface area contributed by atoms with Gasteiger partial charge in [0.1, 0.15) is 5.75 Å². The number of esters is 1. The third kappa shape index (κ3) is 2.86. The van der Waals surface area contributed by atoms with E-state index >= 15 is 0 Å². The molecule has 0 aliphatic heterocycles. The molecule has 1 rings (SSSR count). The van der Waals surface area contributed by atoms with Gasteiger partial charge in [0.15, 0.2) is 0 Å². The molecule has 0 bridgehead atoms. The van der Waals surface area contributed by atoms with Crippen molar-refractivity contribution in [2.24, 2.45) is 0 Å². The fourth-order valence-electron chi connectivity index (χ4n) is 1.04. The first kappa shape index (κ1) is 12.3. The Morgan fingerprint density at radius 3 is 2.73 bits per heavy atom. The minimum absolute atomic E-state index is 0.335. The maximum atomic E-state index is 11.4. The van der Waals surface area contributed by atoms with Crippen LogP contribution in [-0.4, -0.2) is 19.7 Å². The highest BCUT2D eigenvalue weighted by Crippen LogP contribution is 2.33. The molecule has 0 heterocycles. The summed E-state index contributed by atoms with van der Waals surface area (Å²) in [5.41, 5.74) is 0.407. The number of carbonyl (C=O) groups is 1. The summed E-state index contributed by atoms with van der Waals surface area (Å²) in [6.07, 6.45) is 0. The molecule has 0 saturated carbocycles. The molecule has 0 N–H and O–H groups in total. The molecule has 1 aromatic carbocycles. The molecule has 0 fully saturated rings. The first-order valence-corrected chi connectivity index (χ1v) is 5.47. The molecule has 0 aliphatic rings. The lowest BCUT2D eigenvalue weighted by atomic mass is 10.2. The number of halogens is 2. The zero-order valence-corrected chi connectivity index (χ0v) is 10.7. The lowest BCUT2D eigenvalue weighted by Crippen LogP contribution is -2.05. The molecule has 15 heavy (non-hydrogen) atoms. The number of benzene rings is 1. The Hall–Kier alpha value is -0.740. The zero-order chi connectivity index (χ0) is 11.4. The first-order chi connectivity index (χ1) is 7.10. The van der Waals surface area contributed by atoms with E-state index in [0.29, 0.717) is 27.4 Å². The average Bonchev–Trinajstić information content (AvgIpc) is 2.22. The summed E-state index contributed by atoms with van der Waals surface area (Å²) < 4.78 is 10.5. The number of hydrogen-bond donors (Lipinski definition) is 0. The summed E-state index contributed by atoms with van der Waals surface area (Å²) in [7, 11) is 1.49. The van der Waals surface area contributed by atoms with E-state index in [1.165, 1.54) is 7.11 Å². The topological polar surface area (TPSA) is 35.5 Å². The molecular weight excluding hydrogens is 283 g/mol. The van der Waals surface area contributed by atoms with Crippen molar-refractivity contribution in [2.45, 2.75) is 6.92 Å². The molecule has 0 radical (unpaired) electrons. The molecule has 0 unspecified atom stereocenters. The van der Waals surface area contributed by atoms with Crippen molar-refractivity contribution in [1.82, 2.24) is 0 Å². The molecule has 3 nitrogen and oxygen atoms in total. The van der Waals surface area contributed by atoms with E-state index in [-0.39, 0.29) is 0 Å². The zero-order valence-electron chi connectivity index (χ0n) is 8.34. The Morgan fingerprint density at radius 2 is 2.20 bits per heavy atom. The highest BCUT2D eigenvalue weighted by atomic mass is 79.9. The van der Waals surface area contributed by atoms with Gasteiger partial charge < -0.3 is 9.47 Å². The standard InChI is InChI=1S/C10H10BrClO3/c1-3-15-10(13)6-4-7(11)9(12)8(5-6)14-2/h4-5H,3H2,1-2H3. The number of carbonyl (C=O) groups excluding carboxylic acids is 1. The summed E-state index contributed by atoms with van der Waals surface area (Å²) in [6, 6.07) is 3.15. The van der Waals surface area contributed by atoms with Crippen molar-refractivity contribution in [1.29, 1.82) is 0 Å². The van der Waals surface area contributed by atoms with Crippen LogP contribution < -0.4 is 4.74 Å². The Bertz CT molecular complexity index is 379. The van der Waals surface area contributed by atoms with Crippen LogP contribution in [0.1, 0.15) is 17.3 Å². The fourth-order valence-corrected chi connectivity index (χ4v) is 1.67. The number of hydrogen-bond acceptors (Lipinski definition) is 3. The summed E-state index contributed by atoms with van der Waals surface area (Å²) in [5, 5.41) is 0.436. The minimum atomic E-state index is -0.395. The predicted molar refractivity (Wildman–Crippen MR) is 61.7 cm³/mol. The molecule has 0 aromatic heterocycles. The van der Waals surface area contributed by atoms with Gasteiger partial charge in [-0.1, -0.05) is 11.6 Å². The van der Waals surface area contributed by atoms with Gasteiger partial charge in [-0.25, -0.2) is 4.79 Å². The van der Waals surface area contributed by atoms with E-state index in [9.17, 15) is 4.79 Å². The smallest absolute Gasteiger partial charge is 0.338 e. The van der Waals surface area contributed by atoms with Crippen molar-refractivity contribution in [3.63, 3.8) is 0 Å². The van der Waals surface area contributed by atoms with Crippen LogP contribution in [0.25, 0.3) is 0 Å². The first-order valence-electron chi connectivity index (χ1n) is 4.30. The van der Waals surface area contributed by atoms with E-state index in [1.54, 1.807) is 19.1 Å². The molecular formula is C10H10BrClO3. The number of rotatable bonds is 3. The molecule has 0 atom stereocenters. The SMILES string of the molecule is CCOC(=O)c1cc(Br)c(Cl)c(OC)c1. The van der Waals surface area contributed by atoms with E-state index in [4.69, 9.17) is 21.1 Å². The third-order valence-electron chi connectivity index (χ3n) is 1.73. The van der Waals surface area contributed by atoms with Crippen molar-refractivity contribution in [3.05, 3.63) is 27.2 Å². The molecule has 1 aromatic rings. The summed E-state index contributed by atoms with van der Waals surface area (Å²) >= 11 is 9.16. The maximum Gasteiger partial charge on any atom is 0.338 e. The lowest BCUT2D eigenvalue weighted by molar-refractivity contribution is 0.0526. The molecule has 0 spiro atoms. The van der Waals surface area contributed by atoms with Gasteiger partial charge in [-0.05, 0) is 35.0 Å². The quantitative estimate of drug-likeness (QED) is 0.802. The van der Waals surface area contributed by atoms with Crippen LogP contribution in [0.5, 0.6) is 5.75 Å². The molecule has 0 saturated heterocycles. The monoisotopic (exact) mass is 292 g/mol. The summed E-state index contributed by atoms with van der Waals surface area (Å²) in [5.74, 6) is 0.0438. The van der Waals surface area contributed by atoms with Crippen LogP contribution >= 0.6 is 27.5 Å². The Labute approximate surface area is 101 Å². The normalized spacial score (nSPS) is 9.87. The van der Waals surface area contributed by atoms with Gasteiger partial charge in [0.25, 0.3) is 0 Å². The largest absolute Gasteiger partial charge is 0.495 e. The van der Waals surface area contributed by atoms with Gasteiger partial charge >= 0.3 is 5.97 Å². The number of methoxy groups -OCH3 is 1. The maximum absolute atomic E-state index is 11.4. The molecule has 5 heteroatoms. The van der Waals surface area contributed by atoms with Crippen LogP contribution in [0.4, 0.5) is 0 Å². The summed E-state index contributed by atoms with van der Waals surface area (Å²) in [6.45, 7) is 2.08. The van der Waals surface area contributed by atoms with E-state index in [2.05, 4.69) is 15.9 Å². The second-order valence-corrected chi connectivity index (χ2v) is 3.93. The van der Waals surface area contributed by atoms with Crippen LogP contribution in [0, 0.1) is 0 Å². The Morgan fingerprint density at radius 1 is 1.53 bits per heavy atom. The Kier molecular flexibility index (Phi) is 4.42. The van der Waals surface area contributed by atoms with Gasteiger partial charge in [-0.3, -0.25) is 0 Å². The molecule has 82 valence electrons. The second kappa shape index (κ2) is 5.37. The predicted octanol–water partition coefficient (Wildman–Crippen LogP) is 3.29. The van der Waals surface area contributed by atoms with E-state index in [1.807, 2.05) is 0 Å². The van der Waals surface area contributed by atoms with Crippen molar-refractivity contribution in [2.75, 3.05) is 13.7 Å². The van der Waals surface area contributed by atoms with E-state index in [0.717, 1.165) is 0 Å². The fraction of sp³-hybridized carbons (Fsp3) is 0.300. The van der Waals surface area contributed by atoms with Crippen LogP contribution in [0.2, 0.25) is 5.02 Å². The number of ether oxygens (including phenoxy) is 2. The van der Waals surface area contributed by atoms with Gasteiger partial charge in [-0.15, -0.1) is 0 Å². The second-order valence-electron chi connectivity index (χ2n) is 2.69. The minimum Gasteiger partial charge on any atom is -0.495 e. The van der Waals surface area contributed by atoms with Gasteiger partial charge in [0.2, 0.25) is 0 Å². The van der Waals surface area contributed by atoms with Crippen molar-refractivity contribution < 1.29 is 14.3 Å². The van der Waals surface area contributed by atoms with Crippen LogP contribution in [-0.2, 0) is 4.74 Å². The highest BCUT2D eigenvalue weighted by Gasteiger charge is 2.13. The third-order valence-corrected chi connectivity index (χ3v) is 2.97. The van der Waals surface area contributed by atoms with Crippen LogP contribution in [0.15, 0.2) is 16.6 Å². The van der Waals surface area contributed by atoms with E-state index < -0.39 is 5.97 Å². The highest BCUT2D eigenvalue weighted by molar-refractivity contribution is 9.10. The van der Waals surface area contributed by atoms with Gasteiger partial charge in [-0.2, -0.15) is 0 Å². The van der Waals surface area contributed by atoms with Crippen molar-refractivity contribution >= 4 is 33.5 Å². The Balaban J connectivity index is 3.10. The van der Waals surface area contributed by atoms with Gasteiger partial charge in [0, 0.05) is 4.47 Å². The average molecular weight is 294 g/mol. The summed E-state index contributed by atoms with van der Waals surface area (Å²) in [4.78, 5) is 11.4.